The van der Waals surface area contributed by atoms with Crippen LogP contribution in [0.2, 0.25) is 0 Å². The maximum absolute atomic E-state index is 13.0. The van der Waals surface area contributed by atoms with Crippen LogP contribution in [0, 0.1) is 0 Å². The molecule has 162 valence electrons. The van der Waals surface area contributed by atoms with Crippen LogP contribution in [0.25, 0.3) is 0 Å². The van der Waals surface area contributed by atoms with E-state index in [0.717, 1.165) is 16.5 Å². The summed E-state index contributed by atoms with van der Waals surface area (Å²) in [4.78, 5) is 27.4. The van der Waals surface area contributed by atoms with Gasteiger partial charge < -0.3 is 15.0 Å². The highest BCUT2D eigenvalue weighted by Gasteiger charge is 2.28. The van der Waals surface area contributed by atoms with Crippen LogP contribution in [0.4, 0.5) is 0 Å². The molecule has 0 saturated carbocycles. The molecular weight excluding hydrogens is 444 g/mol. The summed E-state index contributed by atoms with van der Waals surface area (Å²) >= 11 is 3.46. The van der Waals surface area contributed by atoms with Gasteiger partial charge >= 0.3 is 0 Å². The van der Waals surface area contributed by atoms with Crippen LogP contribution < -0.4 is 10.1 Å². The normalized spacial score (nSPS) is 12.2. The molecule has 2 amide bonds. The lowest BCUT2D eigenvalue weighted by atomic mass is 10.1. The number of carbonyl (C=O) groups excluding carboxylic acids is 2. The number of aryl methyl sites for hydroxylation is 1. The quantitative estimate of drug-likeness (QED) is 0.601. The maximum Gasteiger partial charge on any atom is 0.261 e. The van der Waals surface area contributed by atoms with Crippen molar-refractivity contribution in [2.45, 2.75) is 59.2 Å². The van der Waals surface area contributed by atoms with Crippen molar-refractivity contribution in [1.29, 1.82) is 0 Å². The summed E-state index contributed by atoms with van der Waals surface area (Å²) in [6.45, 7) is 9.77. The van der Waals surface area contributed by atoms with Gasteiger partial charge in [-0.1, -0.05) is 47.1 Å². The summed E-state index contributed by atoms with van der Waals surface area (Å²) in [5.74, 6) is 0.194. The predicted molar refractivity (Wildman–Crippen MR) is 123 cm³/mol. The molecule has 5 nitrogen and oxygen atoms in total. The lowest BCUT2D eigenvalue weighted by Crippen LogP contribution is -2.53. The van der Waals surface area contributed by atoms with E-state index in [-0.39, 0.29) is 24.0 Å². The van der Waals surface area contributed by atoms with E-state index in [4.69, 9.17) is 4.74 Å². The van der Waals surface area contributed by atoms with Gasteiger partial charge in [0, 0.05) is 16.6 Å². The van der Waals surface area contributed by atoms with Gasteiger partial charge in [0.15, 0.2) is 6.61 Å². The third-order valence-electron chi connectivity index (χ3n) is 4.60. The summed E-state index contributed by atoms with van der Waals surface area (Å²) in [7, 11) is 0. The highest BCUT2D eigenvalue weighted by molar-refractivity contribution is 9.10. The average Bonchev–Trinajstić information content (AvgIpc) is 2.69. The van der Waals surface area contributed by atoms with Crippen LogP contribution in [-0.4, -0.2) is 34.9 Å². The Morgan fingerprint density at radius 3 is 2.33 bits per heavy atom. The monoisotopic (exact) mass is 474 g/mol. The zero-order valence-electron chi connectivity index (χ0n) is 18.4. The van der Waals surface area contributed by atoms with E-state index in [9.17, 15) is 9.59 Å². The summed E-state index contributed by atoms with van der Waals surface area (Å²) in [6.07, 6.45) is 0.944. The van der Waals surface area contributed by atoms with E-state index in [1.54, 1.807) is 11.8 Å². The Balaban J connectivity index is 2.15. The number of carbonyl (C=O) groups is 2. The van der Waals surface area contributed by atoms with Gasteiger partial charge in [-0.3, -0.25) is 9.59 Å². The van der Waals surface area contributed by atoms with Crippen LogP contribution in [0.3, 0.4) is 0 Å². The largest absolute Gasteiger partial charge is 0.484 e. The first kappa shape index (κ1) is 23.9. The second kappa shape index (κ2) is 10.6. The van der Waals surface area contributed by atoms with E-state index in [1.165, 1.54) is 5.56 Å². The number of ether oxygens (including phenoxy) is 1. The smallest absolute Gasteiger partial charge is 0.261 e. The Hall–Kier alpha value is -2.34. The van der Waals surface area contributed by atoms with Gasteiger partial charge in [-0.2, -0.15) is 0 Å². The second-order valence-electron chi connectivity index (χ2n) is 8.35. The van der Waals surface area contributed by atoms with Gasteiger partial charge in [0.05, 0.1) is 0 Å². The Morgan fingerprint density at radius 1 is 1.10 bits per heavy atom. The predicted octanol–water partition coefficient (Wildman–Crippen LogP) is 4.72. The van der Waals surface area contributed by atoms with E-state index in [2.05, 4.69) is 28.2 Å². The molecule has 2 aromatic carbocycles. The summed E-state index contributed by atoms with van der Waals surface area (Å²) in [5.41, 5.74) is 1.76. The molecule has 2 rings (SSSR count). The van der Waals surface area contributed by atoms with Crippen LogP contribution in [-0.2, 0) is 22.6 Å². The molecule has 6 heteroatoms. The molecule has 2 aromatic rings. The van der Waals surface area contributed by atoms with Crippen LogP contribution in [0.1, 0.15) is 45.7 Å². The topological polar surface area (TPSA) is 58.6 Å². The molecule has 0 bridgehead atoms. The van der Waals surface area contributed by atoms with Crippen molar-refractivity contribution in [2.75, 3.05) is 6.61 Å². The van der Waals surface area contributed by atoms with Gasteiger partial charge in [0.25, 0.3) is 5.91 Å². The molecule has 30 heavy (non-hydrogen) atoms. The lowest BCUT2D eigenvalue weighted by molar-refractivity contribution is -0.142. The molecule has 0 aliphatic rings. The molecule has 0 unspecified atom stereocenters. The first-order valence-electron chi connectivity index (χ1n) is 10.2. The Kier molecular flexibility index (Phi) is 8.47. The van der Waals surface area contributed by atoms with Gasteiger partial charge in [-0.15, -0.1) is 0 Å². The summed E-state index contributed by atoms with van der Waals surface area (Å²) in [5, 5.41) is 2.95. The van der Waals surface area contributed by atoms with Crippen molar-refractivity contribution < 1.29 is 14.3 Å². The fraction of sp³-hybridized carbons (Fsp3) is 0.417. The maximum atomic E-state index is 13.0. The second-order valence-corrected chi connectivity index (χ2v) is 9.27. The van der Waals surface area contributed by atoms with E-state index in [0.29, 0.717) is 12.3 Å². The third-order valence-corrected chi connectivity index (χ3v) is 5.09. The minimum atomic E-state index is -0.637. The molecule has 0 fully saturated rings. The van der Waals surface area contributed by atoms with Gasteiger partial charge in [0.1, 0.15) is 11.8 Å². The van der Waals surface area contributed by atoms with Crippen molar-refractivity contribution in [2.24, 2.45) is 0 Å². The fourth-order valence-corrected chi connectivity index (χ4v) is 3.38. The van der Waals surface area contributed by atoms with E-state index < -0.39 is 6.04 Å². The first-order chi connectivity index (χ1) is 14.1. The summed E-state index contributed by atoms with van der Waals surface area (Å²) < 4.78 is 6.63. The van der Waals surface area contributed by atoms with Crippen molar-refractivity contribution in [3.8, 4) is 5.75 Å². The molecule has 0 aliphatic carbocycles. The average molecular weight is 475 g/mol. The van der Waals surface area contributed by atoms with Crippen molar-refractivity contribution >= 4 is 27.7 Å². The first-order valence-corrected chi connectivity index (χ1v) is 11.0. The van der Waals surface area contributed by atoms with E-state index in [1.807, 2.05) is 69.3 Å². The van der Waals surface area contributed by atoms with Crippen molar-refractivity contribution in [3.63, 3.8) is 0 Å². The highest BCUT2D eigenvalue weighted by atomic mass is 79.9. The highest BCUT2D eigenvalue weighted by Crippen LogP contribution is 2.17. The molecule has 0 saturated heterocycles. The minimum Gasteiger partial charge on any atom is -0.484 e. The Morgan fingerprint density at radius 2 is 1.77 bits per heavy atom. The molecule has 0 aliphatic heterocycles. The van der Waals surface area contributed by atoms with Gasteiger partial charge in [0.2, 0.25) is 5.91 Å². The molecule has 0 aromatic heterocycles. The standard InChI is InChI=1S/C24H31BrN2O3/c1-6-18-10-12-21(13-11-18)30-16-22(28)27(15-19-8-7-9-20(25)14-19)17(2)23(29)26-24(3,4)5/h7-14,17H,6,15-16H2,1-5H3,(H,26,29)/t17-/m1/s1. The number of benzene rings is 2. The number of nitrogens with one attached hydrogen (secondary N) is 1. The molecule has 1 atom stereocenters. The summed E-state index contributed by atoms with van der Waals surface area (Å²) in [6, 6.07) is 14.8. The van der Waals surface area contributed by atoms with Gasteiger partial charge in [-0.05, 0) is 69.5 Å². The zero-order valence-corrected chi connectivity index (χ0v) is 20.0. The van der Waals surface area contributed by atoms with Crippen molar-refractivity contribution in [1.82, 2.24) is 10.2 Å². The molecule has 0 spiro atoms. The number of nitrogens with zero attached hydrogens (tertiary/aromatic N) is 1. The Labute approximate surface area is 187 Å². The molecular formula is C24H31BrN2O3. The zero-order chi connectivity index (χ0) is 22.3. The number of hydrogen-bond donors (Lipinski definition) is 1. The SMILES string of the molecule is CCc1ccc(OCC(=O)N(Cc2cccc(Br)c2)[C@H](C)C(=O)NC(C)(C)C)cc1. The van der Waals surface area contributed by atoms with Crippen molar-refractivity contribution in [3.05, 3.63) is 64.1 Å². The fourth-order valence-electron chi connectivity index (χ4n) is 2.94. The molecule has 1 N–H and O–H groups in total. The number of halogens is 1. The minimum absolute atomic E-state index is 0.132. The van der Waals surface area contributed by atoms with Crippen LogP contribution in [0.15, 0.2) is 53.0 Å². The number of rotatable bonds is 8. The van der Waals surface area contributed by atoms with Crippen LogP contribution >= 0.6 is 15.9 Å². The lowest BCUT2D eigenvalue weighted by Gasteiger charge is -2.31. The van der Waals surface area contributed by atoms with E-state index >= 15 is 0 Å². The number of hydrogen-bond acceptors (Lipinski definition) is 3. The Bertz CT molecular complexity index is 859. The molecule has 0 heterocycles. The molecule has 0 radical (unpaired) electrons. The third kappa shape index (κ3) is 7.48. The van der Waals surface area contributed by atoms with Gasteiger partial charge in [-0.25, -0.2) is 0 Å². The van der Waals surface area contributed by atoms with Crippen LogP contribution in [0.5, 0.6) is 5.75 Å². The number of amides is 2.